The SMILES string of the molecule is COC1=Nc2c(C)cccc2C(OC)C1(C)c1ccccc1. The minimum absolute atomic E-state index is 0.141. The Morgan fingerprint density at radius 3 is 2.36 bits per heavy atom. The normalized spacial score (nSPS) is 23.6. The van der Waals surface area contributed by atoms with Crippen molar-refractivity contribution < 1.29 is 9.47 Å². The predicted molar refractivity (Wildman–Crippen MR) is 88.8 cm³/mol. The summed E-state index contributed by atoms with van der Waals surface area (Å²) in [6.07, 6.45) is -0.141. The number of ether oxygens (including phenoxy) is 2. The van der Waals surface area contributed by atoms with Crippen molar-refractivity contribution in [2.24, 2.45) is 4.99 Å². The van der Waals surface area contributed by atoms with Crippen LogP contribution in [0.5, 0.6) is 0 Å². The molecular formula is C19H21NO2. The van der Waals surface area contributed by atoms with Gasteiger partial charge >= 0.3 is 0 Å². The zero-order valence-electron chi connectivity index (χ0n) is 13.5. The van der Waals surface area contributed by atoms with Crippen molar-refractivity contribution in [3.63, 3.8) is 0 Å². The molecule has 1 aliphatic rings. The number of para-hydroxylation sites is 1. The second kappa shape index (κ2) is 5.58. The van der Waals surface area contributed by atoms with Crippen molar-refractivity contribution in [2.45, 2.75) is 25.4 Å². The summed E-state index contributed by atoms with van der Waals surface area (Å²) in [5, 5.41) is 0. The summed E-state index contributed by atoms with van der Waals surface area (Å²) < 4.78 is 11.6. The number of aliphatic imine (C=N–C) groups is 1. The quantitative estimate of drug-likeness (QED) is 0.825. The molecule has 3 rings (SSSR count). The molecule has 0 spiro atoms. The van der Waals surface area contributed by atoms with Gasteiger partial charge in [-0.2, -0.15) is 0 Å². The molecule has 2 unspecified atom stereocenters. The van der Waals surface area contributed by atoms with Gasteiger partial charge in [-0.15, -0.1) is 0 Å². The fourth-order valence-electron chi connectivity index (χ4n) is 3.37. The van der Waals surface area contributed by atoms with Gasteiger partial charge in [0, 0.05) is 12.7 Å². The lowest BCUT2D eigenvalue weighted by molar-refractivity contribution is 0.0536. The zero-order valence-corrected chi connectivity index (χ0v) is 13.5. The minimum Gasteiger partial charge on any atom is -0.483 e. The lowest BCUT2D eigenvalue weighted by Crippen LogP contribution is -2.42. The van der Waals surface area contributed by atoms with Gasteiger partial charge in [-0.05, 0) is 25.0 Å². The van der Waals surface area contributed by atoms with Crippen molar-refractivity contribution in [1.29, 1.82) is 0 Å². The molecule has 0 amide bonds. The van der Waals surface area contributed by atoms with Crippen LogP contribution in [-0.2, 0) is 14.9 Å². The van der Waals surface area contributed by atoms with Gasteiger partial charge in [-0.1, -0.05) is 48.5 Å². The van der Waals surface area contributed by atoms with Crippen molar-refractivity contribution in [3.8, 4) is 0 Å². The van der Waals surface area contributed by atoms with Crippen LogP contribution in [0.15, 0.2) is 53.5 Å². The van der Waals surface area contributed by atoms with Crippen LogP contribution in [0.25, 0.3) is 0 Å². The molecule has 0 aliphatic carbocycles. The summed E-state index contributed by atoms with van der Waals surface area (Å²) >= 11 is 0. The summed E-state index contributed by atoms with van der Waals surface area (Å²) in [7, 11) is 3.42. The molecule has 0 saturated heterocycles. The average molecular weight is 295 g/mol. The monoisotopic (exact) mass is 295 g/mol. The molecule has 0 aromatic heterocycles. The van der Waals surface area contributed by atoms with E-state index in [1.807, 2.05) is 18.2 Å². The van der Waals surface area contributed by atoms with Gasteiger partial charge in [-0.25, -0.2) is 4.99 Å². The van der Waals surface area contributed by atoms with Gasteiger partial charge in [0.15, 0.2) is 0 Å². The van der Waals surface area contributed by atoms with Crippen molar-refractivity contribution >= 4 is 11.6 Å². The molecular weight excluding hydrogens is 274 g/mol. The van der Waals surface area contributed by atoms with E-state index in [1.165, 1.54) is 0 Å². The lowest BCUT2D eigenvalue weighted by atomic mass is 9.72. The van der Waals surface area contributed by atoms with E-state index in [0.29, 0.717) is 5.90 Å². The molecule has 2 atom stereocenters. The highest BCUT2D eigenvalue weighted by Gasteiger charge is 2.47. The largest absolute Gasteiger partial charge is 0.483 e. The molecule has 0 radical (unpaired) electrons. The van der Waals surface area contributed by atoms with Gasteiger partial charge in [0.25, 0.3) is 0 Å². The Balaban J connectivity index is 2.28. The Kier molecular flexibility index (Phi) is 3.75. The molecule has 22 heavy (non-hydrogen) atoms. The van der Waals surface area contributed by atoms with E-state index in [4.69, 9.17) is 14.5 Å². The van der Waals surface area contributed by atoms with Crippen molar-refractivity contribution in [2.75, 3.05) is 14.2 Å². The van der Waals surface area contributed by atoms with E-state index in [9.17, 15) is 0 Å². The summed E-state index contributed by atoms with van der Waals surface area (Å²) in [4.78, 5) is 4.81. The van der Waals surface area contributed by atoms with Crippen molar-refractivity contribution in [1.82, 2.24) is 0 Å². The second-order valence-corrected chi connectivity index (χ2v) is 5.82. The smallest absolute Gasteiger partial charge is 0.201 e. The minimum atomic E-state index is -0.453. The lowest BCUT2D eigenvalue weighted by Gasteiger charge is -2.40. The summed E-state index contributed by atoms with van der Waals surface area (Å²) in [6, 6.07) is 16.5. The molecule has 0 saturated carbocycles. The standard InChI is InChI=1S/C19H21NO2/c1-13-9-8-12-15-16(13)20-18(22-4)19(2,17(15)21-3)14-10-6-5-7-11-14/h5-12,17H,1-4H3. The molecule has 1 heterocycles. The summed E-state index contributed by atoms with van der Waals surface area (Å²) in [6.45, 7) is 4.19. The van der Waals surface area contributed by atoms with Gasteiger partial charge in [0.1, 0.15) is 6.10 Å². The molecule has 2 aromatic rings. The van der Waals surface area contributed by atoms with E-state index in [-0.39, 0.29) is 6.10 Å². The number of methoxy groups -OCH3 is 2. The zero-order chi connectivity index (χ0) is 15.7. The van der Waals surface area contributed by atoms with E-state index in [0.717, 1.165) is 22.4 Å². The molecule has 1 aliphatic heterocycles. The molecule has 114 valence electrons. The molecule has 0 fully saturated rings. The molecule has 0 bridgehead atoms. The van der Waals surface area contributed by atoms with Crippen molar-refractivity contribution in [3.05, 3.63) is 65.2 Å². The maximum absolute atomic E-state index is 5.91. The fourth-order valence-corrected chi connectivity index (χ4v) is 3.37. The van der Waals surface area contributed by atoms with Crippen LogP contribution >= 0.6 is 0 Å². The first kappa shape index (κ1) is 14.8. The van der Waals surface area contributed by atoms with Crippen LogP contribution in [0, 0.1) is 6.92 Å². The van der Waals surface area contributed by atoms with Crippen LogP contribution in [0.2, 0.25) is 0 Å². The predicted octanol–water partition coefficient (Wildman–Crippen LogP) is 4.33. The second-order valence-electron chi connectivity index (χ2n) is 5.82. The molecule has 3 nitrogen and oxygen atoms in total. The maximum Gasteiger partial charge on any atom is 0.201 e. The van der Waals surface area contributed by atoms with Crippen LogP contribution in [0.4, 0.5) is 5.69 Å². The Bertz CT molecular complexity index is 709. The maximum atomic E-state index is 5.91. The van der Waals surface area contributed by atoms with E-state index < -0.39 is 5.41 Å². The van der Waals surface area contributed by atoms with Crippen LogP contribution in [0.3, 0.4) is 0 Å². The van der Waals surface area contributed by atoms with Gasteiger partial charge < -0.3 is 9.47 Å². The number of benzene rings is 2. The van der Waals surface area contributed by atoms with E-state index >= 15 is 0 Å². The van der Waals surface area contributed by atoms with Gasteiger partial charge in [0.2, 0.25) is 5.90 Å². The third kappa shape index (κ3) is 2.04. The molecule has 0 N–H and O–H groups in total. The van der Waals surface area contributed by atoms with Crippen LogP contribution in [-0.4, -0.2) is 20.1 Å². The number of nitrogens with zero attached hydrogens (tertiary/aromatic N) is 1. The molecule has 3 heteroatoms. The van der Waals surface area contributed by atoms with Gasteiger partial charge in [0.05, 0.1) is 18.2 Å². The third-order valence-electron chi connectivity index (χ3n) is 4.54. The summed E-state index contributed by atoms with van der Waals surface area (Å²) in [5.41, 5.74) is 3.87. The topological polar surface area (TPSA) is 30.8 Å². The first-order valence-electron chi connectivity index (χ1n) is 7.44. The Morgan fingerprint density at radius 1 is 1.00 bits per heavy atom. The van der Waals surface area contributed by atoms with E-state index in [1.54, 1.807) is 14.2 Å². The highest BCUT2D eigenvalue weighted by atomic mass is 16.5. The molecule has 2 aromatic carbocycles. The average Bonchev–Trinajstić information content (AvgIpc) is 2.55. The van der Waals surface area contributed by atoms with Gasteiger partial charge in [-0.3, -0.25) is 0 Å². The number of hydrogen-bond acceptors (Lipinski definition) is 3. The Labute approximate surface area is 131 Å². The summed E-state index contributed by atoms with van der Waals surface area (Å²) in [5.74, 6) is 0.687. The first-order chi connectivity index (χ1) is 10.6. The van der Waals surface area contributed by atoms with E-state index in [2.05, 4.69) is 44.2 Å². The first-order valence-corrected chi connectivity index (χ1v) is 7.44. The highest BCUT2D eigenvalue weighted by molar-refractivity contribution is 5.93. The van der Waals surface area contributed by atoms with Crippen LogP contribution in [0.1, 0.15) is 29.7 Å². The fraction of sp³-hybridized carbons (Fsp3) is 0.316. The number of fused-ring (bicyclic) bond motifs is 1. The number of rotatable bonds is 2. The number of hydrogen-bond donors (Lipinski definition) is 0. The van der Waals surface area contributed by atoms with Crippen LogP contribution < -0.4 is 0 Å². The Hall–Kier alpha value is -2.13. The highest BCUT2D eigenvalue weighted by Crippen LogP contribution is 2.48. The Morgan fingerprint density at radius 2 is 1.73 bits per heavy atom. The number of aryl methyl sites for hydroxylation is 1. The third-order valence-corrected chi connectivity index (χ3v) is 4.54.